The summed E-state index contributed by atoms with van der Waals surface area (Å²) < 4.78 is 0. The lowest BCUT2D eigenvalue weighted by Crippen LogP contribution is -2.65. The van der Waals surface area contributed by atoms with Crippen LogP contribution in [-0.4, -0.2) is 86.6 Å². The molecule has 3 atom stereocenters. The molecule has 2 fully saturated rings. The summed E-state index contributed by atoms with van der Waals surface area (Å²) in [6.07, 6.45) is -0.0883. The van der Waals surface area contributed by atoms with Gasteiger partial charge in [0, 0.05) is 25.5 Å². The summed E-state index contributed by atoms with van der Waals surface area (Å²) in [5, 5.41) is 14.2. The molecule has 5 amide bonds. The van der Waals surface area contributed by atoms with Gasteiger partial charge in [-0.2, -0.15) is 0 Å². The van der Waals surface area contributed by atoms with E-state index in [4.69, 9.17) is 5.11 Å². The number of aldehydes is 1. The monoisotopic (exact) mass is 501 g/mol. The molecule has 3 rings (SSSR count). The van der Waals surface area contributed by atoms with Crippen LogP contribution in [0.25, 0.3) is 0 Å². The molecule has 1 aromatic carbocycles. The average molecular weight is 501 g/mol. The number of amides is 5. The summed E-state index contributed by atoms with van der Waals surface area (Å²) in [7, 11) is 0. The first-order valence-electron chi connectivity index (χ1n) is 11.4. The number of carbonyl (C=O) groups excluding carboxylic acids is 6. The van der Waals surface area contributed by atoms with Crippen LogP contribution in [0.15, 0.2) is 30.3 Å². The molecule has 13 nitrogen and oxygen atoms in total. The first kappa shape index (κ1) is 26.3. The molecule has 1 aromatic rings. The Bertz CT molecular complexity index is 1060. The number of fused-ring (bicyclic) bond motifs is 1. The van der Waals surface area contributed by atoms with Crippen molar-refractivity contribution in [1.29, 1.82) is 0 Å². The zero-order chi connectivity index (χ0) is 26.4. The van der Waals surface area contributed by atoms with Gasteiger partial charge in [0.1, 0.15) is 18.4 Å². The fourth-order valence-electron chi connectivity index (χ4n) is 4.26. The smallest absolute Gasteiger partial charge is 0.305 e. The highest BCUT2D eigenvalue weighted by molar-refractivity contribution is 6.00. The topological polar surface area (TPSA) is 173 Å². The molecule has 2 aliphatic rings. The van der Waals surface area contributed by atoms with Gasteiger partial charge in [0.15, 0.2) is 0 Å². The Kier molecular flexibility index (Phi) is 8.35. The van der Waals surface area contributed by atoms with Gasteiger partial charge in [-0.05, 0) is 31.4 Å². The third-order valence-corrected chi connectivity index (χ3v) is 5.85. The molecule has 2 heterocycles. The van der Waals surface area contributed by atoms with E-state index in [1.165, 1.54) is 19.1 Å². The molecule has 0 aliphatic carbocycles. The van der Waals surface area contributed by atoms with Crippen LogP contribution in [0.2, 0.25) is 0 Å². The first-order chi connectivity index (χ1) is 17.1. The van der Waals surface area contributed by atoms with Crippen LogP contribution in [0.5, 0.6) is 0 Å². The Morgan fingerprint density at radius 2 is 1.86 bits per heavy atom. The fraction of sp³-hybridized carbons (Fsp3) is 0.435. The molecule has 0 radical (unpaired) electrons. The molecule has 192 valence electrons. The first-order valence-corrected chi connectivity index (χ1v) is 11.4. The van der Waals surface area contributed by atoms with E-state index in [0.29, 0.717) is 6.42 Å². The third kappa shape index (κ3) is 5.85. The number of aliphatic carboxylic acids is 1. The SMILES string of the molecule is CC(=O)NN(C(=O)c1ccccc1)C1CCC(=O)N2CCCC(C(=O)NC(C=O)CC(=O)O)N2C1=O. The highest BCUT2D eigenvalue weighted by atomic mass is 16.4. The number of hydrogen-bond donors (Lipinski definition) is 3. The Morgan fingerprint density at radius 1 is 1.17 bits per heavy atom. The Morgan fingerprint density at radius 3 is 2.47 bits per heavy atom. The Balaban J connectivity index is 1.95. The molecule has 36 heavy (non-hydrogen) atoms. The van der Waals surface area contributed by atoms with Crippen molar-refractivity contribution in [2.45, 2.75) is 57.2 Å². The number of hydrogen-bond acceptors (Lipinski definition) is 7. The number of nitrogens with zero attached hydrogens (tertiary/aromatic N) is 3. The average Bonchev–Trinajstić information content (AvgIpc) is 2.98. The predicted molar refractivity (Wildman–Crippen MR) is 121 cm³/mol. The minimum absolute atomic E-state index is 0.103. The minimum atomic E-state index is -1.32. The lowest BCUT2D eigenvalue weighted by molar-refractivity contribution is -0.178. The van der Waals surface area contributed by atoms with E-state index in [-0.39, 0.29) is 37.7 Å². The summed E-state index contributed by atoms with van der Waals surface area (Å²) in [6, 6.07) is 4.10. The summed E-state index contributed by atoms with van der Waals surface area (Å²) >= 11 is 0. The summed E-state index contributed by atoms with van der Waals surface area (Å²) in [5.41, 5.74) is 2.58. The van der Waals surface area contributed by atoms with Gasteiger partial charge in [0.25, 0.3) is 11.8 Å². The summed E-state index contributed by atoms with van der Waals surface area (Å²) in [6.45, 7) is 1.32. The molecule has 2 aliphatic heterocycles. The summed E-state index contributed by atoms with van der Waals surface area (Å²) in [4.78, 5) is 87.1. The third-order valence-electron chi connectivity index (χ3n) is 5.85. The maximum absolute atomic E-state index is 13.8. The fourth-order valence-corrected chi connectivity index (χ4v) is 4.26. The number of hydrazine groups is 2. The maximum atomic E-state index is 13.8. The predicted octanol–water partition coefficient (Wildman–Crippen LogP) is -0.765. The van der Waals surface area contributed by atoms with E-state index in [1.54, 1.807) is 18.2 Å². The summed E-state index contributed by atoms with van der Waals surface area (Å²) in [5.74, 6) is -4.61. The lowest BCUT2D eigenvalue weighted by Gasteiger charge is -2.44. The van der Waals surface area contributed by atoms with Crippen LogP contribution in [0, 0.1) is 0 Å². The lowest BCUT2D eigenvalue weighted by atomic mass is 10.0. The molecule has 2 saturated heterocycles. The van der Waals surface area contributed by atoms with Gasteiger partial charge < -0.3 is 15.2 Å². The maximum Gasteiger partial charge on any atom is 0.305 e. The largest absolute Gasteiger partial charge is 0.481 e. The van der Waals surface area contributed by atoms with Crippen molar-refractivity contribution < 1.29 is 38.7 Å². The minimum Gasteiger partial charge on any atom is -0.481 e. The van der Waals surface area contributed by atoms with Gasteiger partial charge in [-0.1, -0.05) is 18.2 Å². The van der Waals surface area contributed by atoms with Gasteiger partial charge in [-0.15, -0.1) is 0 Å². The highest BCUT2D eigenvalue weighted by Crippen LogP contribution is 2.27. The number of carbonyl (C=O) groups is 7. The quantitative estimate of drug-likeness (QED) is 0.323. The van der Waals surface area contributed by atoms with E-state index in [1.807, 2.05) is 0 Å². The van der Waals surface area contributed by atoms with Crippen LogP contribution in [0.3, 0.4) is 0 Å². The van der Waals surface area contributed by atoms with E-state index in [9.17, 15) is 33.6 Å². The van der Waals surface area contributed by atoms with Crippen LogP contribution >= 0.6 is 0 Å². The van der Waals surface area contributed by atoms with Gasteiger partial charge in [0.05, 0.1) is 12.5 Å². The van der Waals surface area contributed by atoms with Crippen LogP contribution < -0.4 is 10.7 Å². The number of carboxylic acid groups (broad SMARTS) is 1. The van der Waals surface area contributed by atoms with E-state index in [0.717, 1.165) is 15.0 Å². The van der Waals surface area contributed by atoms with Crippen molar-refractivity contribution in [3.8, 4) is 0 Å². The van der Waals surface area contributed by atoms with Crippen molar-refractivity contribution in [1.82, 2.24) is 25.8 Å². The number of benzene rings is 1. The standard InChI is InChI=1S/C23H27N5O8/c1-14(30)25-27(22(35)15-6-3-2-4-7-15)18-9-10-19(31)26-11-5-8-17(28(26)23(18)36)21(34)24-16(13-29)12-20(32)33/h2-4,6-7,13,16-18H,5,8-12H2,1H3,(H,24,34)(H,25,30)(H,32,33). The van der Waals surface area contributed by atoms with Crippen LogP contribution in [0.4, 0.5) is 0 Å². The molecule has 13 heteroatoms. The van der Waals surface area contributed by atoms with Crippen LogP contribution in [-0.2, 0) is 28.8 Å². The van der Waals surface area contributed by atoms with Crippen molar-refractivity contribution in [2.75, 3.05) is 6.54 Å². The normalized spacial score (nSPS) is 20.5. The van der Waals surface area contributed by atoms with E-state index >= 15 is 0 Å². The molecule has 3 N–H and O–H groups in total. The second-order valence-electron chi connectivity index (χ2n) is 8.47. The molecule has 0 aromatic heterocycles. The molecule has 0 spiro atoms. The van der Waals surface area contributed by atoms with Crippen molar-refractivity contribution in [2.24, 2.45) is 0 Å². The number of nitrogens with one attached hydrogen (secondary N) is 2. The molecule has 0 saturated carbocycles. The van der Waals surface area contributed by atoms with Crippen molar-refractivity contribution >= 4 is 41.8 Å². The Hall–Kier alpha value is -4.29. The molecule has 3 unspecified atom stereocenters. The van der Waals surface area contributed by atoms with Gasteiger partial charge in [-0.3, -0.25) is 39.2 Å². The molecule has 0 bridgehead atoms. The zero-order valence-corrected chi connectivity index (χ0v) is 19.6. The van der Waals surface area contributed by atoms with E-state index < -0.39 is 60.1 Å². The van der Waals surface area contributed by atoms with Crippen molar-refractivity contribution in [3.05, 3.63) is 35.9 Å². The second kappa shape index (κ2) is 11.4. The van der Waals surface area contributed by atoms with Crippen LogP contribution in [0.1, 0.15) is 49.4 Å². The van der Waals surface area contributed by atoms with E-state index in [2.05, 4.69) is 10.7 Å². The molecular weight excluding hydrogens is 474 g/mol. The number of carboxylic acids is 1. The molecular formula is C23H27N5O8. The van der Waals surface area contributed by atoms with Gasteiger partial charge in [0.2, 0.25) is 17.7 Å². The van der Waals surface area contributed by atoms with Crippen molar-refractivity contribution in [3.63, 3.8) is 0 Å². The number of rotatable bonds is 7. The second-order valence-corrected chi connectivity index (χ2v) is 8.47. The zero-order valence-electron chi connectivity index (χ0n) is 19.6. The van der Waals surface area contributed by atoms with Gasteiger partial charge >= 0.3 is 5.97 Å². The van der Waals surface area contributed by atoms with Gasteiger partial charge in [-0.25, -0.2) is 10.0 Å². The highest BCUT2D eigenvalue weighted by Gasteiger charge is 2.47. The Labute approximate surface area is 206 Å².